The molecular formula is C22H27N5O. The third-order valence-electron chi connectivity index (χ3n) is 5.20. The lowest BCUT2D eigenvalue weighted by molar-refractivity contribution is 0.241. The molecule has 1 aromatic carbocycles. The van der Waals surface area contributed by atoms with Gasteiger partial charge in [-0.05, 0) is 0 Å². The highest BCUT2D eigenvalue weighted by atomic mass is 16.1. The molecule has 1 N–H and O–H groups in total. The summed E-state index contributed by atoms with van der Waals surface area (Å²) in [6.07, 6.45) is 2.87. The van der Waals surface area contributed by atoms with Crippen LogP contribution in [0.4, 0.5) is 0 Å². The third-order valence-corrected chi connectivity index (χ3v) is 5.20. The molecule has 1 aliphatic rings. The first-order valence-electron chi connectivity index (χ1n) is 9.74. The summed E-state index contributed by atoms with van der Waals surface area (Å²) < 4.78 is 1.86. The average molecular weight is 377 g/mol. The lowest BCUT2D eigenvalue weighted by atomic mass is 9.95. The number of aromatic amines is 1. The number of hydrogen-bond donors (Lipinski definition) is 1. The van der Waals surface area contributed by atoms with Gasteiger partial charge in [0.15, 0.2) is 0 Å². The van der Waals surface area contributed by atoms with Crippen LogP contribution in [-0.4, -0.2) is 31.2 Å². The first kappa shape index (κ1) is 18.6. The number of fused-ring (bicyclic) bond motifs is 1. The van der Waals surface area contributed by atoms with Gasteiger partial charge in [-0.1, -0.05) is 51.1 Å². The summed E-state index contributed by atoms with van der Waals surface area (Å²) in [5, 5.41) is 4.66. The molecule has 0 saturated heterocycles. The van der Waals surface area contributed by atoms with Crippen LogP contribution in [0, 0.1) is 0 Å². The molecule has 28 heavy (non-hydrogen) atoms. The van der Waals surface area contributed by atoms with E-state index in [2.05, 4.69) is 54.1 Å². The standard InChI is InChI=1S/C22H27N5O/c1-22(2,3)21-23-18-10-11-27(14-17(18)20(28)24-21)13-16-12-26(4)25-19(16)15-8-6-5-7-9-15/h5-9,12H,10-11,13-14H2,1-4H3,(H,23,24,28). The van der Waals surface area contributed by atoms with Gasteiger partial charge in [-0.2, -0.15) is 5.10 Å². The summed E-state index contributed by atoms with van der Waals surface area (Å²) in [5.41, 5.74) is 4.87. The second-order valence-corrected chi connectivity index (χ2v) is 8.59. The predicted molar refractivity (Wildman–Crippen MR) is 110 cm³/mol. The van der Waals surface area contributed by atoms with Gasteiger partial charge in [-0.3, -0.25) is 14.4 Å². The summed E-state index contributed by atoms with van der Waals surface area (Å²) >= 11 is 0. The van der Waals surface area contributed by atoms with E-state index < -0.39 is 0 Å². The van der Waals surface area contributed by atoms with E-state index in [4.69, 9.17) is 4.98 Å². The van der Waals surface area contributed by atoms with E-state index in [0.29, 0.717) is 6.54 Å². The Hall–Kier alpha value is -2.73. The fourth-order valence-corrected chi connectivity index (χ4v) is 3.70. The van der Waals surface area contributed by atoms with E-state index >= 15 is 0 Å². The Morgan fingerprint density at radius 3 is 2.64 bits per heavy atom. The normalized spacial score (nSPS) is 14.9. The molecule has 6 nitrogen and oxygen atoms in total. The van der Waals surface area contributed by atoms with Crippen LogP contribution in [0.5, 0.6) is 0 Å². The van der Waals surface area contributed by atoms with Gasteiger partial charge >= 0.3 is 0 Å². The second-order valence-electron chi connectivity index (χ2n) is 8.59. The van der Waals surface area contributed by atoms with E-state index in [0.717, 1.165) is 47.8 Å². The molecule has 0 bridgehead atoms. The number of nitrogens with zero attached hydrogens (tertiary/aromatic N) is 4. The Morgan fingerprint density at radius 1 is 1.18 bits per heavy atom. The molecule has 0 saturated carbocycles. The van der Waals surface area contributed by atoms with Crippen LogP contribution in [0.15, 0.2) is 41.3 Å². The average Bonchev–Trinajstić information content (AvgIpc) is 3.02. The molecule has 146 valence electrons. The molecule has 0 amide bonds. The van der Waals surface area contributed by atoms with Crippen LogP contribution >= 0.6 is 0 Å². The molecular weight excluding hydrogens is 350 g/mol. The van der Waals surface area contributed by atoms with E-state index in [-0.39, 0.29) is 11.0 Å². The molecule has 0 spiro atoms. The Kier molecular flexibility index (Phi) is 4.67. The van der Waals surface area contributed by atoms with Gasteiger partial charge in [0.05, 0.1) is 17.0 Å². The lowest BCUT2D eigenvalue weighted by Crippen LogP contribution is -2.37. The largest absolute Gasteiger partial charge is 0.310 e. The second kappa shape index (κ2) is 7.02. The molecule has 1 aliphatic heterocycles. The van der Waals surface area contributed by atoms with Crippen molar-refractivity contribution in [1.82, 2.24) is 24.6 Å². The Bertz CT molecular complexity index is 1040. The fourth-order valence-electron chi connectivity index (χ4n) is 3.70. The number of H-pyrrole nitrogens is 1. The van der Waals surface area contributed by atoms with Crippen molar-refractivity contribution in [3.05, 3.63) is 69.5 Å². The molecule has 6 heteroatoms. The Labute approximate surface area is 165 Å². The molecule has 0 aliphatic carbocycles. The van der Waals surface area contributed by atoms with Crippen LogP contribution < -0.4 is 5.56 Å². The molecule has 3 heterocycles. The van der Waals surface area contributed by atoms with Gasteiger partial charge in [0.25, 0.3) is 5.56 Å². The zero-order valence-electron chi connectivity index (χ0n) is 17.0. The third kappa shape index (κ3) is 3.64. The van der Waals surface area contributed by atoms with Crippen molar-refractivity contribution in [3.8, 4) is 11.3 Å². The minimum absolute atomic E-state index is 0.00547. The smallest absolute Gasteiger partial charge is 0.255 e. The number of nitrogens with one attached hydrogen (secondary N) is 1. The quantitative estimate of drug-likeness (QED) is 0.762. The summed E-state index contributed by atoms with van der Waals surface area (Å²) in [6, 6.07) is 10.2. The highest BCUT2D eigenvalue weighted by molar-refractivity contribution is 5.62. The molecule has 0 atom stereocenters. The summed E-state index contributed by atoms with van der Waals surface area (Å²) in [6.45, 7) is 8.47. The summed E-state index contributed by atoms with van der Waals surface area (Å²) in [7, 11) is 1.95. The molecule has 0 fully saturated rings. The maximum absolute atomic E-state index is 12.7. The Morgan fingerprint density at radius 2 is 1.93 bits per heavy atom. The van der Waals surface area contributed by atoms with E-state index in [1.165, 1.54) is 5.56 Å². The van der Waals surface area contributed by atoms with Crippen LogP contribution in [0.2, 0.25) is 0 Å². The van der Waals surface area contributed by atoms with Gasteiger partial charge in [0.2, 0.25) is 0 Å². The highest BCUT2D eigenvalue weighted by Crippen LogP contribution is 2.25. The Balaban J connectivity index is 1.59. The predicted octanol–water partition coefficient (Wildman–Crippen LogP) is 3.03. The number of aryl methyl sites for hydroxylation is 1. The van der Waals surface area contributed by atoms with Gasteiger partial charge in [0, 0.05) is 55.8 Å². The van der Waals surface area contributed by atoms with Crippen molar-refractivity contribution >= 4 is 0 Å². The fraction of sp³-hybridized carbons (Fsp3) is 0.409. The van der Waals surface area contributed by atoms with E-state index in [1.807, 2.05) is 29.9 Å². The number of rotatable bonds is 3. The highest BCUT2D eigenvalue weighted by Gasteiger charge is 2.25. The first-order chi connectivity index (χ1) is 13.3. The molecule has 3 aromatic rings. The summed E-state index contributed by atoms with van der Waals surface area (Å²) in [4.78, 5) is 22.7. The van der Waals surface area contributed by atoms with Crippen LogP contribution in [-0.2, 0) is 32.0 Å². The van der Waals surface area contributed by atoms with Gasteiger partial charge in [-0.15, -0.1) is 0 Å². The molecule has 0 radical (unpaired) electrons. The minimum Gasteiger partial charge on any atom is -0.310 e. The van der Waals surface area contributed by atoms with Gasteiger partial charge in [-0.25, -0.2) is 4.98 Å². The van der Waals surface area contributed by atoms with Crippen molar-refractivity contribution in [1.29, 1.82) is 0 Å². The van der Waals surface area contributed by atoms with Gasteiger partial charge < -0.3 is 4.98 Å². The molecule has 4 rings (SSSR count). The van der Waals surface area contributed by atoms with Crippen molar-refractivity contribution in [3.63, 3.8) is 0 Å². The van der Waals surface area contributed by atoms with Crippen molar-refractivity contribution in [2.45, 2.75) is 45.7 Å². The van der Waals surface area contributed by atoms with Crippen LogP contribution in [0.1, 0.15) is 43.4 Å². The summed E-state index contributed by atoms with van der Waals surface area (Å²) in [5.74, 6) is 0.767. The number of hydrogen-bond acceptors (Lipinski definition) is 4. The topological polar surface area (TPSA) is 66.8 Å². The van der Waals surface area contributed by atoms with E-state index in [9.17, 15) is 4.79 Å². The van der Waals surface area contributed by atoms with Crippen LogP contribution in [0.25, 0.3) is 11.3 Å². The number of aromatic nitrogens is 4. The number of benzene rings is 1. The minimum atomic E-state index is -0.161. The molecule has 2 aromatic heterocycles. The van der Waals surface area contributed by atoms with Crippen molar-refractivity contribution < 1.29 is 0 Å². The zero-order chi connectivity index (χ0) is 19.9. The lowest BCUT2D eigenvalue weighted by Gasteiger charge is -2.28. The SMILES string of the molecule is Cn1cc(CN2CCc3nc(C(C)(C)C)[nH]c(=O)c3C2)c(-c2ccccc2)n1. The first-order valence-corrected chi connectivity index (χ1v) is 9.74. The van der Waals surface area contributed by atoms with Gasteiger partial charge in [0.1, 0.15) is 5.82 Å². The van der Waals surface area contributed by atoms with Crippen LogP contribution in [0.3, 0.4) is 0 Å². The molecule has 0 unspecified atom stereocenters. The maximum Gasteiger partial charge on any atom is 0.255 e. The van der Waals surface area contributed by atoms with Crippen molar-refractivity contribution in [2.24, 2.45) is 7.05 Å². The van der Waals surface area contributed by atoms with Crippen molar-refractivity contribution in [2.75, 3.05) is 6.54 Å². The maximum atomic E-state index is 12.7. The zero-order valence-corrected chi connectivity index (χ0v) is 17.0. The monoisotopic (exact) mass is 377 g/mol. The van der Waals surface area contributed by atoms with E-state index in [1.54, 1.807) is 0 Å².